The molecule has 0 heterocycles. The van der Waals surface area contributed by atoms with Gasteiger partial charge in [-0.3, -0.25) is 0 Å². The van der Waals surface area contributed by atoms with Crippen LogP contribution in [-0.2, 0) is 0 Å². The first-order chi connectivity index (χ1) is 4.66. The predicted molar refractivity (Wildman–Crippen MR) is 32.3 cm³/mol. The number of hydrogen-bond acceptors (Lipinski definition) is 2. The number of hydrogen-bond donors (Lipinski definition) is 3. The molecule has 0 atom stereocenters. The Morgan fingerprint density at radius 3 is 2.70 bits per heavy atom. The number of carboxylic acid groups (broad SMARTS) is 1. The van der Waals surface area contributed by atoms with Crippen LogP contribution in [0.3, 0.4) is 0 Å². The first-order valence-corrected chi connectivity index (χ1v) is 2.59. The lowest BCUT2D eigenvalue weighted by Crippen LogP contribution is -2.20. The number of halogens is 1. The summed E-state index contributed by atoms with van der Waals surface area (Å²) in [6.45, 7) is -0.816. The van der Waals surface area contributed by atoms with Gasteiger partial charge >= 0.3 is 6.09 Å². The Morgan fingerprint density at radius 2 is 2.30 bits per heavy atom. The minimum atomic E-state index is -1.22. The second kappa shape index (κ2) is 4.75. The second-order valence-corrected chi connectivity index (χ2v) is 1.50. The highest BCUT2D eigenvalue weighted by molar-refractivity contribution is 5.64. The summed E-state index contributed by atoms with van der Waals surface area (Å²) in [6, 6.07) is 0. The van der Waals surface area contributed by atoms with Crippen LogP contribution in [0, 0.1) is 0 Å². The lowest BCUT2D eigenvalue weighted by Gasteiger charge is -1.93. The molecule has 0 fully saturated rings. The number of aliphatic hydroxyl groups excluding tert-OH is 1. The van der Waals surface area contributed by atoms with E-state index in [0.717, 1.165) is 6.08 Å². The van der Waals surface area contributed by atoms with Crippen molar-refractivity contribution < 1.29 is 19.4 Å². The zero-order valence-corrected chi connectivity index (χ0v) is 5.17. The summed E-state index contributed by atoms with van der Waals surface area (Å²) in [6.07, 6.45) is -0.268. The van der Waals surface area contributed by atoms with Gasteiger partial charge in [-0.25, -0.2) is 9.18 Å². The number of nitrogens with one attached hydrogen (secondary N) is 1. The Kier molecular flexibility index (Phi) is 4.23. The molecule has 3 N–H and O–H groups in total. The van der Waals surface area contributed by atoms with E-state index >= 15 is 0 Å². The molecular formula is C5H8FNO3. The van der Waals surface area contributed by atoms with Gasteiger partial charge in [0, 0.05) is 6.54 Å². The first-order valence-electron chi connectivity index (χ1n) is 2.59. The molecule has 0 aromatic heterocycles. The maximum absolute atomic E-state index is 12.0. The van der Waals surface area contributed by atoms with E-state index < -0.39 is 18.5 Å². The molecular weight excluding hydrogens is 141 g/mol. The van der Waals surface area contributed by atoms with Crippen molar-refractivity contribution >= 4 is 6.09 Å². The van der Waals surface area contributed by atoms with Gasteiger partial charge in [0.05, 0.1) is 6.61 Å². The van der Waals surface area contributed by atoms with Crippen LogP contribution in [0.25, 0.3) is 0 Å². The largest absolute Gasteiger partial charge is 0.465 e. The van der Waals surface area contributed by atoms with Crippen molar-refractivity contribution in [1.82, 2.24) is 5.32 Å². The van der Waals surface area contributed by atoms with Gasteiger partial charge in [0.1, 0.15) is 5.83 Å². The molecule has 0 aliphatic heterocycles. The Hall–Kier alpha value is -1.10. The molecule has 0 unspecified atom stereocenters. The van der Waals surface area contributed by atoms with E-state index in [1.54, 1.807) is 0 Å². The standard InChI is InChI=1S/C5H8FNO3/c6-4(3-8)1-2-7-5(9)10/h1,7-8H,2-3H2,(H,9,10)/b4-1+. The predicted octanol–water partition coefficient (Wildman–Crippen LogP) is 0.0997. The molecule has 58 valence electrons. The molecule has 0 bridgehead atoms. The summed E-state index contributed by atoms with van der Waals surface area (Å²) >= 11 is 0. The van der Waals surface area contributed by atoms with Gasteiger partial charge in [-0.15, -0.1) is 0 Å². The van der Waals surface area contributed by atoms with Crippen LogP contribution < -0.4 is 5.32 Å². The fourth-order valence-electron chi connectivity index (χ4n) is 0.314. The van der Waals surface area contributed by atoms with E-state index in [4.69, 9.17) is 10.2 Å². The summed E-state index contributed by atoms with van der Waals surface area (Å²) in [5.41, 5.74) is 0. The van der Waals surface area contributed by atoms with E-state index in [9.17, 15) is 9.18 Å². The Bertz CT molecular complexity index is 146. The molecule has 0 aromatic rings. The Balaban J connectivity index is 3.43. The van der Waals surface area contributed by atoms with Crippen molar-refractivity contribution in [2.75, 3.05) is 13.2 Å². The summed E-state index contributed by atoms with van der Waals surface area (Å²) in [4.78, 5) is 9.74. The van der Waals surface area contributed by atoms with E-state index in [1.807, 2.05) is 5.32 Å². The first kappa shape index (κ1) is 8.90. The summed E-state index contributed by atoms with van der Waals surface area (Å²) in [5.74, 6) is -0.742. The number of aliphatic hydroxyl groups is 1. The minimum absolute atomic E-state index is 0.123. The fraction of sp³-hybridized carbons (Fsp3) is 0.400. The van der Waals surface area contributed by atoms with Crippen molar-refractivity contribution in [3.8, 4) is 0 Å². The molecule has 0 saturated heterocycles. The highest BCUT2D eigenvalue weighted by atomic mass is 19.1. The molecule has 0 radical (unpaired) electrons. The molecule has 0 aliphatic rings. The van der Waals surface area contributed by atoms with Crippen LogP contribution in [0.4, 0.5) is 9.18 Å². The Labute approximate surface area is 57.0 Å². The third-order valence-electron chi connectivity index (χ3n) is 0.728. The van der Waals surface area contributed by atoms with Crippen molar-refractivity contribution in [1.29, 1.82) is 0 Å². The molecule has 10 heavy (non-hydrogen) atoms. The van der Waals surface area contributed by atoms with Crippen molar-refractivity contribution in [3.63, 3.8) is 0 Å². The van der Waals surface area contributed by atoms with Crippen molar-refractivity contribution in [2.24, 2.45) is 0 Å². The topological polar surface area (TPSA) is 69.6 Å². The van der Waals surface area contributed by atoms with Crippen LogP contribution in [0.5, 0.6) is 0 Å². The molecule has 0 spiro atoms. The van der Waals surface area contributed by atoms with E-state index in [-0.39, 0.29) is 6.54 Å². The van der Waals surface area contributed by atoms with Gasteiger partial charge in [0.2, 0.25) is 0 Å². The molecule has 1 amide bonds. The quantitative estimate of drug-likeness (QED) is 0.533. The monoisotopic (exact) mass is 149 g/mol. The lowest BCUT2D eigenvalue weighted by molar-refractivity contribution is 0.195. The SMILES string of the molecule is O=C(O)NC/C=C(/F)CO. The molecule has 0 saturated carbocycles. The third-order valence-corrected chi connectivity index (χ3v) is 0.728. The van der Waals surface area contributed by atoms with Gasteiger partial charge in [0.15, 0.2) is 0 Å². The van der Waals surface area contributed by atoms with Gasteiger partial charge in [-0.2, -0.15) is 0 Å². The molecule has 0 aromatic carbocycles. The highest BCUT2D eigenvalue weighted by Gasteiger charge is 1.92. The maximum atomic E-state index is 12.0. The third kappa shape index (κ3) is 5.04. The Morgan fingerprint density at radius 1 is 1.70 bits per heavy atom. The zero-order valence-electron chi connectivity index (χ0n) is 5.17. The smallest absolute Gasteiger partial charge is 0.404 e. The van der Waals surface area contributed by atoms with Crippen molar-refractivity contribution in [2.45, 2.75) is 0 Å². The molecule has 4 nitrogen and oxygen atoms in total. The number of rotatable bonds is 3. The van der Waals surface area contributed by atoms with Crippen LogP contribution in [0.2, 0.25) is 0 Å². The lowest BCUT2D eigenvalue weighted by atomic mass is 10.5. The zero-order chi connectivity index (χ0) is 7.98. The maximum Gasteiger partial charge on any atom is 0.404 e. The highest BCUT2D eigenvalue weighted by Crippen LogP contribution is 1.90. The molecule has 0 rings (SSSR count). The van der Waals surface area contributed by atoms with E-state index in [2.05, 4.69) is 0 Å². The second-order valence-electron chi connectivity index (χ2n) is 1.50. The fourth-order valence-corrected chi connectivity index (χ4v) is 0.314. The number of carbonyl (C=O) groups is 1. The van der Waals surface area contributed by atoms with Crippen molar-refractivity contribution in [3.05, 3.63) is 11.9 Å². The van der Waals surface area contributed by atoms with Gasteiger partial charge in [-0.1, -0.05) is 0 Å². The van der Waals surface area contributed by atoms with Crippen LogP contribution in [-0.4, -0.2) is 29.5 Å². The number of amides is 1. The summed E-state index contributed by atoms with van der Waals surface area (Å²) in [7, 11) is 0. The average molecular weight is 149 g/mol. The van der Waals surface area contributed by atoms with Gasteiger partial charge < -0.3 is 15.5 Å². The summed E-state index contributed by atoms with van der Waals surface area (Å²) in [5, 5.41) is 18.0. The summed E-state index contributed by atoms with van der Waals surface area (Å²) < 4.78 is 12.0. The minimum Gasteiger partial charge on any atom is -0.465 e. The van der Waals surface area contributed by atoms with Gasteiger partial charge in [0.25, 0.3) is 0 Å². The molecule has 0 aliphatic carbocycles. The molecule has 5 heteroatoms. The van der Waals surface area contributed by atoms with E-state index in [1.165, 1.54) is 0 Å². The van der Waals surface area contributed by atoms with Crippen LogP contribution in [0.15, 0.2) is 11.9 Å². The van der Waals surface area contributed by atoms with Gasteiger partial charge in [-0.05, 0) is 6.08 Å². The van der Waals surface area contributed by atoms with E-state index in [0.29, 0.717) is 0 Å². The van der Waals surface area contributed by atoms with Crippen LogP contribution >= 0.6 is 0 Å². The average Bonchev–Trinajstić information content (AvgIpc) is 1.87. The van der Waals surface area contributed by atoms with Crippen LogP contribution in [0.1, 0.15) is 0 Å². The normalized spacial score (nSPS) is 11.2.